The van der Waals surface area contributed by atoms with Gasteiger partial charge in [-0.3, -0.25) is 0 Å². The third kappa shape index (κ3) is 4.27. The molecule has 0 aliphatic carbocycles. The number of halogens is 1. The Hall–Kier alpha value is -2.45. The molecule has 0 unspecified atom stereocenters. The van der Waals surface area contributed by atoms with Gasteiger partial charge >= 0.3 is 0 Å². The summed E-state index contributed by atoms with van der Waals surface area (Å²) in [4.78, 5) is -0.301. The van der Waals surface area contributed by atoms with Gasteiger partial charge in [0.1, 0.15) is 16.8 Å². The smallest absolute Gasteiger partial charge is 0.192 e. The van der Waals surface area contributed by atoms with Crippen molar-refractivity contribution in [2.24, 2.45) is 0 Å². The lowest BCUT2D eigenvalue weighted by Gasteiger charge is -2.05. The lowest BCUT2D eigenvalue weighted by molar-refractivity contribution is 0.602. The van der Waals surface area contributed by atoms with Gasteiger partial charge in [0.15, 0.2) is 9.84 Å². The van der Waals surface area contributed by atoms with E-state index < -0.39 is 15.7 Å². The molecule has 0 N–H and O–H groups in total. The minimum absolute atomic E-state index is 0.301. The molecule has 0 radical (unpaired) electrons. The number of nitrogens with zero attached hydrogens (tertiary/aromatic N) is 1. The van der Waals surface area contributed by atoms with E-state index in [2.05, 4.69) is 0 Å². The predicted octanol–water partition coefficient (Wildman–Crippen LogP) is 3.92. The van der Waals surface area contributed by atoms with E-state index in [1.807, 2.05) is 26.0 Å². The fourth-order valence-electron chi connectivity index (χ4n) is 2.08. The standard InChI is InChI=1S/C18H16FNO2S/c1-13-3-4-16(9-14(13)2)10-18(11-20)23(21,22)12-15-5-7-17(19)8-6-15/h3-10H,12H2,1-2H3/b18-10+. The number of allylic oxidation sites excluding steroid dienone is 1. The van der Waals surface area contributed by atoms with E-state index in [1.54, 1.807) is 12.1 Å². The highest BCUT2D eigenvalue weighted by atomic mass is 32.2. The first-order valence-corrected chi connectivity index (χ1v) is 8.63. The van der Waals surface area contributed by atoms with Gasteiger partial charge < -0.3 is 0 Å². The van der Waals surface area contributed by atoms with Gasteiger partial charge in [-0.05, 0) is 54.3 Å². The van der Waals surface area contributed by atoms with Crippen LogP contribution in [0.3, 0.4) is 0 Å². The van der Waals surface area contributed by atoms with Crippen LogP contribution < -0.4 is 0 Å². The molecule has 0 aliphatic heterocycles. The van der Waals surface area contributed by atoms with Gasteiger partial charge in [-0.25, -0.2) is 12.8 Å². The second kappa shape index (κ2) is 6.76. The topological polar surface area (TPSA) is 57.9 Å². The summed E-state index contributed by atoms with van der Waals surface area (Å²) in [6.45, 7) is 3.88. The minimum atomic E-state index is -3.78. The van der Waals surface area contributed by atoms with E-state index in [4.69, 9.17) is 0 Å². The molecule has 118 valence electrons. The number of nitriles is 1. The lowest BCUT2D eigenvalue weighted by atomic mass is 10.1. The number of hydrogen-bond donors (Lipinski definition) is 0. The zero-order chi connectivity index (χ0) is 17.0. The Morgan fingerprint density at radius 1 is 1.13 bits per heavy atom. The van der Waals surface area contributed by atoms with E-state index >= 15 is 0 Å². The van der Waals surface area contributed by atoms with Gasteiger partial charge in [-0.2, -0.15) is 5.26 Å². The highest BCUT2D eigenvalue weighted by molar-refractivity contribution is 7.95. The molecule has 0 aliphatic rings. The van der Waals surface area contributed by atoms with Crippen LogP contribution in [-0.2, 0) is 15.6 Å². The Bertz CT molecular complexity index is 892. The number of benzene rings is 2. The number of sulfone groups is 1. The third-order valence-electron chi connectivity index (χ3n) is 3.54. The molecule has 0 aromatic heterocycles. The largest absolute Gasteiger partial charge is 0.223 e. The van der Waals surface area contributed by atoms with Gasteiger partial charge in [0.25, 0.3) is 0 Å². The summed E-state index contributed by atoms with van der Waals surface area (Å²) in [5.74, 6) is -0.769. The monoisotopic (exact) mass is 329 g/mol. The van der Waals surface area contributed by atoms with Crippen molar-refractivity contribution in [3.05, 3.63) is 75.4 Å². The van der Waals surface area contributed by atoms with Crippen molar-refractivity contribution < 1.29 is 12.8 Å². The summed E-state index contributed by atoms with van der Waals surface area (Å²) < 4.78 is 37.7. The number of rotatable bonds is 4. The Kier molecular flexibility index (Phi) is 4.97. The van der Waals surface area contributed by atoms with Crippen LogP contribution in [0.4, 0.5) is 4.39 Å². The normalized spacial score (nSPS) is 12.0. The van der Waals surface area contributed by atoms with Crippen molar-refractivity contribution in [3.63, 3.8) is 0 Å². The summed E-state index contributed by atoms with van der Waals surface area (Å²) in [7, 11) is -3.78. The number of aryl methyl sites for hydroxylation is 2. The molecule has 0 fully saturated rings. The first-order chi connectivity index (χ1) is 10.8. The molecule has 5 heteroatoms. The van der Waals surface area contributed by atoms with Crippen molar-refractivity contribution >= 4 is 15.9 Å². The zero-order valence-corrected chi connectivity index (χ0v) is 13.7. The molecule has 2 aromatic carbocycles. The van der Waals surface area contributed by atoms with Gasteiger partial charge in [-0.1, -0.05) is 30.3 Å². The SMILES string of the molecule is Cc1ccc(/C=C(\C#N)S(=O)(=O)Cc2ccc(F)cc2)cc1C. The average molecular weight is 329 g/mol. The predicted molar refractivity (Wildman–Crippen MR) is 88.5 cm³/mol. The highest BCUT2D eigenvalue weighted by Crippen LogP contribution is 2.19. The van der Waals surface area contributed by atoms with Crippen LogP contribution >= 0.6 is 0 Å². The first kappa shape index (κ1) is 16.9. The fourth-order valence-corrected chi connectivity index (χ4v) is 3.32. The van der Waals surface area contributed by atoms with E-state index in [9.17, 15) is 18.1 Å². The van der Waals surface area contributed by atoms with Crippen LogP contribution in [0.5, 0.6) is 0 Å². The van der Waals surface area contributed by atoms with Crippen LogP contribution in [0, 0.1) is 31.0 Å². The van der Waals surface area contributed by atoms with Crippen molar-refractivity contribution in [2.45, 2.75) is 19.6 Å². The molecular weight excluding hydrogens is 313 g/mol. The molecule has 2 rings (SSSR count). The van der Waals surface area contributed by atoms with Crippen molar-refractivity contribution in [2.75, 3.05) is 0 Å². The first-order valence-electron chi connectivity index (χ1n) is 6.98. The quantitative estimate of drug-likeness (QED) is 0.799. The maximum absolute atomic E-state index is 12.9. The molecule has 0 saturated heterocycles. The Balaban J connectivity index is 2.34. The Morgan fingerprint density at radius 2 is 1.78 bits per heavy atom. The van der Waals surface area contributed by atoms with Crippen LogP contribution in [-0.4, -0.2) is 8.42 Å². The van der Waals surface area contributed by atoms with Crippen LogP contribution in [0.2, 0.25) is 0 Å². The van der Waals surface area contributed by atoms with E-state index in [-0.39, 0.29) is 10.7 Å². The van der Waals surface area contributed by atoms with E-state index in [1.165, 1.54) is 30.3 Å². The van der Waals surface area contributed by atoms with Crippen molar-refractivity contribution in [1.29, 1.82) is 5.26 Å². The van der Waals surface area contributed by atoms with Crippen LogP contribution in [0.1, 0.15) is 22.3 Å². The number of hydrogen-bond acceptors (Lipinski definition) is 3. The minimum Gasteiger partial charge on any atom is -0.223 e. The third-order valence-corrected chi connectivity index (χ3v) is 5.14. The summed E-state index contributed by atoms with van der Waals surface area (Å²) in [5, 5.41) is 9.21. The fraction of sp³-hybridized carbons (Fsp3) is 0.167. The summed E-state index contributed by atoms with van der Waals surface area (Å²) in [5.41, 5.74) is 3.21. The highest BCUT2D eigenvalue weighted by Gasteiger charge is 2.18. The van der Waals surface area contributed by atoms with Crippen LogP contribution in [0.15, 0.2) is 47.4 Å². The molecule has 0 bridgehead atoms. The molecule has 2 aromatic rings. The zero-order valence-electron chi connectivity index (χ0n) is 12.9. The summed E-state index contributed by atoms with van der Waals surface area (Å²) in [6.07, 6.45) is 1.37. The molecule has 23 heavy (non-hydrogen) atoms. The average Bonchev–Trinajstić information content (AvgIpc) is 2.50. The molecule has 0 amide bonds. The maximum Gasteiger partial charge on any atom is 0.192 e. The van der Waals surface area contributed by atoms with Gasteiger partial charge in [0.2, 0.25) is 0 Å². The van der Waals surface area contributed by atoms with Gasteiger partial charge in [0.05, 0.1) is 5.75 Å². The Labute approximate surface area is 135 Å². The molecule has 0 atom stereocenters. The maximum atomic E-state index is 12.9. The lowest BCUT2D eigenvalue weighted by Crippen LogP contribution is -2.06. The second-order valence-electron chi connectivity index (χ2n) is 5.35. The van der Waals surface area contributed by atoms with E-state index in [0.717, 1.165) is 11.1 Å². The van der Waals surface area contributed by atoms with Gasteiger partial charge in [0, 0.05) is 0 Å². The van der Waals surface area contributed by atoms with Gasteiger partial charge in [-0.15, -0.1) is 0 Å². The molecule has 3 nitrogen and oxygen atoms in total. The second-order valence-corrected chi connectivity index (χ2v) is 7.31. The van der Waals surface area contributed by atoms with Crippen molar-refractivity contribution in [3.8, 4) is 6.07 Å². The summed E-state index contributed by atoms with van der Waals surface area (Å²) >= 11 is 0. The molecule has 0 heterocycles. The van der Waals surface area contributed by atoms with E-state index in [0.29, 0.717) is 11.1 Å². The molecule has 0 saturated carbocycles. The van der Waals surface area contributed by atoms with Crippen molar-refractivity contribution in [1.82, 2.24) is 0 Å². The van der Waals surface area contributed by atoms with Crippen LogP contribution in [0.25, 0.3) is 6.08 Å². The Morgan fingerprint density at radius 3 is 2.35 bits per heavy atom. The molecular formula is C18H16FNO2S. The summed E-state index contributed by atoms with van der Waals surface area (Å²) in [6, 6.07) is 12.4. The molecule has 0 spiro atoms.